The van der Waals surface area contributed by atoms with E-state index < -0.39 is 0 Å². The quantitative estimate of drug-likeness (QED) is 0.0837. The van der Waals surface area contributed by atoms with E-state index in [0.29, 0.717) is 12.2 Å². The van der Waals surface area contributed by atoms with Gasteiger partial charge in [0.25, 0.3) is 0 Å². The standard InChI is InChI=1S/C37H70O2/c1-2-3-4-5-6-7-8-9-10-11-12-13-14-15-16-17-20-23-33-38-37-30-24-26-35(31-32-37)27-25-34-39-36-28-21-18-19-22-29-36/h18,35-37H,1-17,19-34H2. The summed E-state index contributed by atoms with van der Waals surface area (Å²) in [6.45, 7) is 5.91. The van der Waals surface area contributed by atoms with Gasteiger partial charge in [-0.05, 0) is 70.1 Å². The second-order valence-electron chi connectivity index (χ2n) is 13.2. The maximum absolute atomic E-state index is 6.33. The topological polar surface area (TPSA) is 18.5 Å². The normalized spacial score (nSPS) is 21.2. The van der Waals surface area contributed by atoms with Crippen LogP contribution in [-0.4, -0.2) is 25.4 Å². The maximum atomic E-state index is 6.33. The molecule has 0 saturated heterocycles. The van der Waals surface area contributed by atoms with Crippen LogP contribution < -0.4 is 0 Å². The van der Waals surface area contributed by atoms with Gasteiger partial charge in [0, 0.05) is 13.2 Å². The van der Waals surface area contributed by atoms with Crippen LogP contribution in [0.1, 0.15) is 193 Å². The van der Waals surface area contributed by atoms with Crippen LogP contribution in [0.25, 0.3) is 0 Å². The van der Waals surface area contributed by atoms with Crippen LogP contribution in [0.3, 0.4) is 0 Å². The molecular formula is C37H70O2. The van der Waals surface area contributed by atoms with Crippen molar-refractivity contribution >= 4 is 0 Å². The molecule has 2 nitrogen and oxygen atoms in total. The Hall–Kier alpha value is -0.0800. The first-order valence-electron chi connectivity index (χ1n) is 18.2. The molecule has 3 unspecified atom stereocenters. The summed E-state index contributed by atoms with van der Waals surface area (Å²) >= 11 is 0. The molecule has 2 rings (SSSR count). The van der Waals surface area contributed by atoms with Crippen molar-refractivity contribution in [1.29, 1.82) is 0 Å². The van der Waals surface area contributed by atoms with E-state index in [4.69, 9.17) is 9.47 Å². The van der Waals surface area contributed by atoms with Gasteiger partial charge in [0.15, 0.2) is 0 Å². The third-order valence-corrected chi connectivity index (χ3v) is 9.52. The summed E-state index contributed by atoms with van der Waals surface area (Å²) in [5.74, 6) is 0.910. The zero-order valence-electron chi connectivity index (χ0n) is 26.5. The van der Waals surface area contributed by atoms with E-state index >= 15 is 0 Å². The summed E-state index contributed by atoms with van der Waals surface area (Å²) in [6, 6.07) is 0. The van der Waals surface area contributed by atoms with E-state index in [1.165, 1.54) is 186 Å². The Balaban J connectivity index is 1.28. The van der Waals surface area contributed by atoms with E-state index in [2.05, 4.69) is 13.3 Å². The zero-order chi connectivity index (χ0) is 27.5. The van der Waals surface area contributed by atoms with Crippen LogP contribution in [0.4, 0.5) is 0 Å². The molecule has 2 saturated carbocycles. The van der Waals surface area contributed by atoms with E-state index in [-0.39, 0.29) is 0 Å². The second-order valence-corrected chi connectivity index (χ2v) is 13.2. The van der Waals surface area contributed by atoms with E-state index in [0.717, 1.165) is 25.6 Å². The van der Waals surface area contributed by atoms with Crippen molar-refractivity contribution < 1.29 is 9.47 Å². The summed E-state index contributed by atoms with van der Waals surface area (Å²) in [4.78, 5) is 0. The van der Waals surface area contributed by atoms with Crippen LogP contribution in [0.15, 0.2) is 0 Å². The van der Waals surface area contributed by atoms with Crippen molar-refractivity contribution in [2.24, 2.45) is 5.92 Å². The maximum Gasteiger partial charge on any atom is 0.0575 e. The van der Waals surface area contributed by atoms with Crippen molar-refractivity contribution in [3.8, 4) is 0 Å². The van der Waals surface area contributed by atoms with E-state index in [9.17, 15) is 0 Å². The fraction of sp³-hybridized carbons (Fsp3) is 0.946. The molecule has 0 bridgehead atoms. The number of unbranched alkanes of at least 4 members (excludes halogenated alkanes) is 17. The first kappa shape index (κ1) is 35.1. The second kappa shape index (κ2) is 26.8. The van der Waals surface area contributed by atoms with Gasteiger partial charge in [0.05, 0.1) is 12.2 Å². The Morgan fingerprint density at radius 3 is 1.59 bits per heavy atom. The van der Waals surface area contributed by atoms with Crippen molar-refractivity contribution in [2.75, 3.05) is 13.2 Å². The molecule has 0 heterocycles. The number of rotatable bonds is 25. The van der Waals surface area contributed by atoms with Gasteiger partial charge in [0.2, 0.25) is 0 Å². The van der Waals surface area contributed by atoms with Gasteiger partial charge in [-0.25, -0.2) is 0 Å². The lowest BCUT2D eigenvalue weighted by Gasteiger charge is -2.18. The molecule has 0 aromatic rings. The molecule has 0 aromatic carbocycles. The highest BCUT2D eigenvalue weighted by atomic mass is 16.5. The largest absolute Gasteiger partial charge is 0.378 e. The molecule has 0 aliphatic heterocycles. The van der Waals surface area contributed by atoms with Gasteiger partial charge in [-0.15, -0.1) is 0 Å². The highest BCUT2D eigenvalue weighted by Crippen LogP contribution is 2.29. The fourth-order valence-electron chi connectivity index (χ4n) is 6.85. The van der Waals surface area contributed by atoms with Crippen molar-refractivity contribution in [3.63, 3.8) is 0 Å². The zero-order valence-corrected chi connectivity index (χ0v) is 26.5. The average molecular weight is 547 g/mol. The molecule has 0 amide bonds. The molecular weight excluding hydrogens is 476 g/mol. The van der Waals surface area contributed by atoms with E-state index in [1.54, 1.807) is 0 Å². The molecule has 2 aliphatic carbocycles. The molecule has 2 heteroatoms. The summed E-state index contributed by atoms with van der Waals surface area (Å²) in [5, 5.41) is 0. The smallest absolute Gasteiger partial charge is 0.0575 e. The Labute approximate surface area is 246 Å². The summed E-state index contributed by atoms with van der Waals surface area (Å²) in [7, 11) is 0. The molecule has 230 valence electrons. The average Bonchev–Trinajstić information content (AvgIpc) is 3.35. The Bertz CT molecular complexity index is 484. The molecule has 2 radical (unpaired) electrons. The predicted molar refractivity (Wildman–Crippen MR) is 171 cm³/mol. The SMILES string of the molecule is [CH2]CCCCCCCCCCCCCCCCCCCOC1CCCC(CCCOC2CC[CH]CCC2)CC1. The molecule has 2 fully saturated rings. The monoisotopic (exact) mass is 547 g/mol. The van der Waals surface area contributed by atoms with Crippen LogP contribution in [-0.2, 0) is 9.47 Å². The molecule has 0 spiro atoms. The minimum atomic E-state index is 0.536. The lowest BCUT2D eigenvalue weighted by atomic mass is 9.95. The molecule has 2 aliphatic rings. The van der Waals surface area contributed by atoms with E-state index in [1.807, 2.05) is 0 Å². The summed E-state index contributed by atoms with van der Waals surface area (Å²) < 4.78 is 12.5. The highest BCUT2D eigenvalue weighted by Gasteiger charge is 2.19. The third kappa shape index (κ3) is 21.3. The molecule has 39 heavy (non-hydrogen) atoms. The first-order valence-corrected chi connectivity index (χ1v) is 18.2. The summed E-state index contributed by atoms with van der Waals surface area (Å²) in [6.07, 6.45) is 44.6. The minimum Gasteiger partial charge on any atom is -0.378 e. The van der Waals surface area contributed by atoms with Crippen LogP contribution in [0.2, 0.25) is 0 Å². The first-order chi connectivity index (χ1) is 19.4. The lowest BCUT2D eigenvalue weighted by Crippen LogP contribution is -2.14. The number of hydrogen-bond acceptors (Lipinski definition) is 2. The van der Waals surface area contributed by atoms with Crippen molar-refractivity contribution in [1.82, 2.24) is 0 Å². The van der Waals surface area contributed by atoms with Gasteiger partial charge in [-0.2, -0.15) is 0 Å². The van der Waals surface area contributed by atoms with Crippen molar-refractivity contribution in [2.45, 2.75) is 205 Å². The highest BCUT2D eigenvalue weighted by molar-refractivity contribution is 4.75. The van der Waals surface area contributed by atoms with Gasteiger partial charge >= 0.3 is 0 Å². The van der Waals surface area contributed by atoms with Crippen molar-refractivity contribution in [3.05, 3.63) is 13.3 Å². The third-order valence-electron chi connectivity index (χ3n) is 9.52. The van der Waals surface area contributed by atoms with Crippen LogP contribution >= 0.6 is 0 Å². The van der Waals surface area contributed by atoms with Crippen LogP contribution in [0.5, 0.6) is 0 Å². The van der Waals surface area contributed by atoms with Crippen LogP contribution in [0, 0.1) is 19.3 Å². The van der Waals surface area contributed by atoms with Gasteiger partial charge in [-0.1, -0.05) is 142 Å². The Kier molecular flexibility index (Phi) is 24.1. The number of hydrogen-bond donors (Lipinski definition) is 0. The summed E-state index contributed by atoms with van der Waals surface area (Å²) in [5.41, 5.74) is 0. The minimum absolute atomic E-state index is 0.536. The number of ether oxygens (including phenoxy) is 2. The molecule has 3 atom stereocenters. The predicted octanol–water partition coefficient (Wildman–Crippen LogP) is 12.1. The Morgan fingerprint density at radius 1 is 0.462 bits per heavy atom. The van der Waals surface area contributed by atoms with Gasteiger partial charge < -0.3 is 9.47 Å². The fourth-order valence-corrected chi connectivity index (χ4v) is 6.85. The lowest BCUT2D eigenvalue weighted by molar-refractivity contribution is 0.0367. The Morgan fingerprint density at radius 2 is 0.974 bits per heavy atom. The van der Waals surface area contributed by atoms with Gasteiger partial charge in [-0.3, -0.25) is 0 Å². The molecule has 0 N–H and O–H groups in total. The van der Waals surface area contributed by atoms with Gasteiger partial charge in [0.1, 0.15) is 0 Å². The molecule has 0 aromatic heterocycles.